The Morgan fingerprint density at radius 3 is 2.78 bits per heavy atom. The molecule has 1 saturated carbocycles. The van der Waals surface area contributed by atoms with Gasteiger partial charge in [-0.15, -0.1) is 0 Å². The Balaban J connectivity index is 1.32. The van der Waals surface area contributed by atoms with Crippen molar-refractivity contribution in [2.24, 2.45) is 28.6 Å². The number of aromatic nitrogens is 1. The Hall–Kier alpha value is -2.59. The van der Waals surface area contributed by atoms with E-state index >= 15 is 0 Å². The lowest BCUT2D eigenvalue weighted by Crippen LogP contribution is -2.54. The fraction of sp³-hybridized carbons (Fsp3) is 0.500. The molecule has 3 aliphatic carbocycles. The van der Waals surface area contributed by atoms with Crippen molar-refractivity contribution < 1.29 is 9.53 Å². The number of benzene rings is 1. The molecule has 1 aromatic carbocycles. The van der Waals surface area contributed by atoms with Gasteiger partial charge in [-0.2, -0.15) is 0 Å². The van der Waals surface area contributed by atoms with E-state index in [9.17, 15) is 4.79 Å². The first-order valence-electron chi connectivity index (χ1n) is 13.7. The van der Waals surface area contributed by atoms with Crippen molar-refractivity contribution in [3.63, 3.8) is 0 Å². The standard InChI is InChI=1S/C32H39ClN2O2/c1-21(2)22-9-12-26-23(18-22)10-14-29-31(26,3)15-7-16-32(29,4)30(36)35-24-11-13-28(27(33)19-24)37-20-25-8-5-6-17-34-25/h5-6,8,10-11,13,17-19,21,26,29H,7,9,12,14-16,20H2,1-4H3,(H,35,36)/t26-,29+,31+,32+/m0/s1. The summed E-state index contributed by atoms with van der Waals surface area (Å²) in [6.07, 6.45) is 13.2. The monoisotopic (exact) mass is 518 g/mol. The Bertz CT molecular complexity index is 1220. The van der Waals surface area contributed by atoms with E-state index in [1.807, 2.05) is 30.3 Å². The third-order valence-electron chi connectivity index (χ3n) is 9.39. The van der Waals surface area contributed by atoms with Crippen LogP contribution in [0.25, 0.3) is 0 Å². The summed E-state index contributed by atoms with van der Waals surface area (Å²) < 4.78 is 5.86. The number of halogens is 1. The van der Waals surface area contributed by atoms with Gasteiger partial charge in [0.2, 0.25) is 5.91 Å². The minimum atomic E-state index is -0.419. The summed E-state index contributed by atoms with van der Waals surface area (Å²) in [6, 6.07) is 11.2. The summed E-state index contributed by atoms with van der Waals surface area (Å²) in [6.45, 7) is 9.59. The van der Waals surface area contributed by atoms with Gasteiger partial charge in [0.1, 0.15) is 12.4 Å². The highest BCUT2D eigenvalue weighted by Gasteiger charge is 2.56. The molecule has 1 N–H and O–H groups in total. The van der Waals surface area contributed by atoms with Crippen LogP contribution in [0.5, 0.6) is 5.75 Å². The zero-order valence-corrected chi connectivity index (χ0v) is 23.3. The number of allylic oxidation sites excluding steroid dienone is 4. The second kappa shape index (κ2) is 10.3. The number of hydrogen-bond donors (Lipinski definition) is 1. The van der Waals surface area contributed by atoms with Crippen molar-refractivity contribution in [1.29, 1.82) is 0 Å². The molecule has 3 aliphatic rings. The zero-order chi connectivity index (χ0) is 26.2. The van der Waals surface area contributed by atoms with Crippen LogP contribution in [0, 0.1) is 28.6 Å². The lowest BCUT2D eigenvalue weighted by atomic mass is 9.46. The first-order chi connectivity index (χ1) is 17.7. The van der Waals surface area contributed by atoms with Crippen LogP contribution in [-0.2, 0) is 11.4 Å². The number of nitrogens with one attached hydrogen (secondary N) is 1. The average Bonchev–Trinajstić information content (AvgIpc) is 2.88. The van der Waals surface area contributed by atoms with Gasteiger partial charge in [-0.05, 0) is 91.2 Å². The lowest BCUT2D eigenvalue weighted by Gasteiger charge is -2.57. The number of amides is 1. The molecule has 0 bridgehead atoms. The second-order valence-corrected chi connectivity index (χ2v) is 12.4. The summed E-state index contributed by atoms with van der Waals surface area (Å²) in [5, 5.41) is 3.69. The Kier molecular flexibility index (Phi) is 7.24. The highest BCUT2D eigenvalue weighted by atomic mass is 35.5. The van der Waals surface area contributed by atoms with Gasteiger partial charge in [0, 0.05) is 11.9 Å². The molecule has 2 aromatic rings. The summed E-state index contributed by atoms with van der Waals surface area (Å²) >= 11 is 6.53. The van der Waals surface area contributed by atoms with Gasteiger partial charge in [0.15, 0.2) is 0 Å². The normalized spacial score (nSPS) is 29.0. The van der Waals surface area contributed by atoms with Crippen LogP contribution in [0.15, 0.2) is 65.9 Å². The molecular formula is C32H39ClN2O2. The Morgan fingerprint density at radius 1 is 1.22 bits per heavy atom. The third-order valence-corrected chi connectivity index (χ3v) is 9.69. The van der Waals surface area contributed by atoms with E-state index in [1.54, 1.807) is 17.8 Å². The molecule has 1 fully saturated rings. The van der Waals surface area contributed by atoms with Gasteiger partial charge in [0.25, 0.3) is 0 Å². The number of ether oxygens (including phenoxy) is 1. The van der Waals surface area contributed by atoms with Crippen molar-refractivity contribution >= 4 is 23.2 Å². The summed E-state index contributed by atoms with van der Waals surface area (Å²) in [5.41, 5.74) is 4.37. The van der Waals surface area contributed by atoms with Gasteiger partial charge in [0.05, 0.1) is 16.1 Å². The van der Waals surface area contributed by atoms with Crippen LogP contribution in [0.2, 0.25) is 5.02 Å². The predicted octanol–water partition coefficient (Wildman–Crippen LogP) is 8.39. The highest BCUT2D eigenvalue weighted by molar-refractivity contribution is 6.32. The molecule has 1 amide bonds. The molecule has 0 spiro atoms. The van der Waals surface area contributed by atoms with Crippen molar-refractivity contribution in [3.8, 4) is 5.75 Å². The van der Waals surface area contributed by atoms with E-state index in [0.29, 0.717) is 40.8 Å². The van der Waals surface area contributed by atoms with Crippen molar-refractivity contribution in [2.45, 2.75) is 72.8 Å². The number of carbonyl (C=O) groups is 1. The first-order valence-corrected chi connectivity index (χ1v) is 14.1. The fourth-order valence-corrected chi connectivity index (χ4v) is 7.46. The Morgan fingerprint density at radius 2 is 2.05 bits per heavy atom. The Labute approximate surface area is 226 Å². The smallest absolute Gasteiger partial charge is 0.230 e. The number of rotatable bonds is 6. The maximum Gasteiger partial charge on any atom is 0.230 e. The zero-order valence-electron chi connectivity index (χ0n) is 22.5. The fourth-order valence-electron chi connectivity index (χ4n) is 7.22. The van der Waals surface area contributed by atoms with Crippen molar-refractivity contribution in [1.82, 2.24) is 4.98 Å². The second-order valence-electron chi connectivity index (χ2n) is 11.9. The number of fused-ring (bicyclic) bond motifs is 3. The van der Waals surface area contributed by atoms with Crippen LogP contribution in [0.4, 0.5) is 5.69 Å². The van der Waals surface area contributed by atoms with Gasteiger partial charge in [-0.1, -0.05) is 69.5 Å². The number of carbonyl (C=O) groups excluding carboxylic acids is 1. The summed E-state index contributed by atoms with van der Waals surface area (Å²) in [7, 11) is 0. The minimum Gasteiger partial charge on any atom is -0.486 e. The molecule has 0 unspecified atom stereocenters. The molecule has 1 aromatic heterocycles. The van der Waals surface area contributed by atoms with E-state index in [4.69, 9.17) is 16.3 Å². The molecule has 1 heterocycles. The quantitative estimate of drug-likeness (QED) is 0.417. The number of hydrogen-bond acceptors (Lipinski definition) is 3. The van der Waals surface area contributed by atoms with Crippen molar-refractivity contribution in [3.05, 3.63) is 76.6 Å². The minimum absolute atomic E-state index is 0.104. The number of anilines is 1. The van der Waals surface area contributed by atoms with E-state index in [0.717, 1.165) is 25.0 Å². The molecule has 4 nitrogen and oxygen atoms in total. The molecule has 4 atom stereocenters. The van der Waals surface area contributed by atoms with Crippen LogP contribution < -0.4 is 10.1 Å². The van der Waals surface area contributed by atoms with E-state index in [-0.39, 0.29) is 11.3 Å². The van der Waals surface area contributed by atoms with Crippen LogP contribution in [0.1, 0.15) is 71.9 Å². The highest BCUT2D eigenvalue weighted by Crippen LogP contribution is 2.62. The summed E-state index contributed by atoms with van der Waals surface area (Å²) in [4.78, 5) is 18.2. The topological polar surface area (TPSA) is 51.2 Å². The molecule has 0 saturated heterocycles. The van der Waals surface area contributed by atoms with Gasteiger partial charge in [-0.25, -0.2) is 0 Å². The van der Waals surface area contributed by atoms with Gasteiger partial charge >= 0.3 is 0 Å². The maximum atomic E-state index is 13.9. The van der Waals surface area contributed by atoms with E-state index in [1.165, 1.54) is 24.8 Å². The maximum absolute atomic E-state index is 13.9. The average molecular weight is 519 g/mol. The largest absolute Gasteiger partial charge is 0.486 e. The number of nitrogens with zero attached hydrogens (tertiary/aromatic N) is 1. The van der Waals surface area contributed by atoms with Crippen LogP contribution >= 0.6 is 11.6 Å². The molecule has 0 radical (unpaired) electrons. The first kappa shape index (κ1) is 26.0. The molecule has 5 rings (SSSR count). The molecule has 0 aliphatic heterocycles. The number of pyridine rings is 1. The molecular weight excluding hydrogens is 480 g/mol. The van der Waals surface area contributed by atoms with Gasteiger partial charge < -0.3 is 10.1 Å². The summed E-state index contributed by atoms with van der Waals surface area (Å²) in [5.74, 6) is 2.16. The lowest BCUT2D eigenvalue weighted by molar-refractivity contribution is -0.138. The molecule has 5 heteroatoms. The van der Waals surface area contributed by atoms with Crippen LogP contribution in [-0.4, -0.2) is 10.9 Å². The van der Waals surface area contributed by atoms with E-state index < -0.39 is 5.41 Å². The van der Waals surface area contributed by atoms with Crippen LogP contribution in [0.3, 0.4) is 0 Å². The SMILES string of the molecule is CC(C)C1=CC2=CC[C@@H]3[C@](C)(CCC[C@@]3(C)C(=O)Nc3ccc(OCc4ccccn4)c(Cl)c3)[C@H]2CC1. The molecule has 196 valence electrons. The predicted molar refractivity (Wildman–Crippen MR) is 151 cm³/mol. The van der Waals surface area contributed by atoms with Crippen molar-refractivity contribution in [2.75, 3.05) is 5.32 Å². The van der Waals surface area contributed by atoms with E-state index in [2.05, 4.69) is 50.1 Å². The molecule has 37 heavy (non-hydrogen) atoms. The third kappa shape index (κ3) is 4.97. The van der Waals surface area contributed by atoms with Gasteiger partial charge in [-0.3, -0.25) is 9.78 Å².